The van der Waals surface area contributed by atoms with Crippen molar-refractivity contribution in [3.8, 4) is 11.4 Å². The average molecular weight is 279 g/mol. The van der Waals surface area contributed by atoms with Crippen molar-refractivity contribution >= 4 is 5.69 Å². The second-order valence-electron chi connectivity index (χ2n) is 4.67. The van der Waals surface area contributed by atoms with Crippen LogP contribution in [0.5, 0.6) is 5.75 Å². The molecule has 2 aromatic carbocycles. The van der Waals surface area contributed by atoms with E-state index in [0.717, 1.165) is 23.7 Å². The van der Waals surface area contributed by atoms with Crippen LogP contribution in [0, 0.1) is 0 Å². The van der Waals surface area contributed by atoms with E-state index in [2.05, 4.69) is 28.6 Å². The SMILES string of the molecule is COc1ccc(CNc2ccccc2-n2cccn2)cc1. The molecule has 0 spiro atoms. The summed E-state index contributed by atoms with van der Waals surface area (Å²) in [5, 5.41) is 7.74. The van der Waals surface area contributed by atoms with Gasteiger partial charge in [-0.1, -0.05) is 24.3 Å². The van der Waals surface area contributed by atoms with Crippen LogP contribution in [-0.4, -0.2) is 16.9 Å². The first-order chi connectivity index (χ1) is 10.4. The molecule has 0 aliphatic heterocycles. The van der Waals surface area contributed by atoms with Gasteiger partial charge in [-0.15, -0.1) is 0 Å². The van der Waals surface area contributed by atoms with Crippen LogP contribution >= 0.6 is 0 Å². The summed E-state index contributed by atoms with van der Waals surface area (Å²) in [6.07, 6.45) is 3.72. The van der Waals surface area contributed by atoms with Crippen LogP contribution < -0.4 is 10.1 Å². The van der Waals surface area contributed by atoms with Crippen molar-refractivity contribution in [1.82, 2.24) is 9.78 Å². The number of ether oxygens (including phenoxy) is 1. The highest BCUT2D eigenvalue weighted by atomic mass is 16.5. The van der Waals surface area contributed by atoms with Crippen molar-refractivity contribution in [2.75, 3.05) is 12.4 Å². The Morgan fingerprint density at radius 1 is 1.05 bits per heavy atom. The molecule has 0 atom stereocenters. The van der Waals surface area contributed by atoms with Crippen molar-refractivity contribution < 1.29 is 4.74 Å². The van der Waals surface area contributed by atoms with E-state index in [1.54, 1.807) is 13.3 Å². The van der Waals surface area contributed by atoms with E-state index in [1.165, 1.54) is 5.56 Å². The Hall–Kier alpha value is -2.75. The van der Waals surface area contributed by atoms with Gasteiger partial charge in [-0.3, -0.25) is 0 Å². The van der Waals surface area contributed by atoms with Gasteiger partial charge in [0.05, 0.1) is 18.5 Å². The normalized spacial score (nSPS) is 10.3. The number of hydrogen-bond acceptors (Lipinski definition) is 3. The first-order valence-electron chi connectivity index (χ1n) is 6.82. The number of rotatable bonds is 5. The zero-order valence-electron chi connectivity index (χ0n) is 11.9. The van der Waals surface area contributed by atoms with E-state index in [1.807, 2.05) is 47.3 Å². The maximum atomic E-state index is 5.17. The van der Waals surface area contributed by atoms with Gasteiger partial charge >= 0.3 is 0 Å². The first-order valence-corrected chi connectivity index (χ1v) is 6.82. The van der Waals surface area contributed by atoms with Crippen molar-refractivity contribution in [1.29, 1.82) is 0 Å². The number of para-hydroxylation sites is 2. The van der Waals surface area contributed by atoms with Crippen LogP contribution in [0.25, 0.3) is 5.69 Å². The molecule has 106 valence electrons. The summed E-state index contributed by atoms with van der Waals surface area (Å²) in [7, 11) is 1.67. The van der Waals surface area contributed by atoms with Gasteiger partial charge in [0.2, 0.25) is 0 Å². The smallest absolute Gasteiger partial charge is 0.118 e. The number of hydrogen-bond donors (Lipinski definition) is 1. The monoisotopic (exact) mass is 279 g/mol. The van der Waals surface area contributed by atoms with E-state index < -0.39 is 0 Å². The molecular weight excluding hydrogens is 262 g/mol. The van der Waals surface area contributed by atoms with Gasteiger partial charge in [0, 0.05) is 18.9 Å². The Balaban J connectivity index is 1.76. The molecule has 0 radical (unpaired) electrons. The van der Waals surface area contributed by atoms with Gasteiger partial charge in [-0.2, -0.15) is 5.10 Å². The van der Waals surface area contributed by atoms with Gasteiger partial charge in [0.1, 0.15) is 5.75 Å². The first kappa shape index (κ1) is 13.2. The molecule has 0 unspecified atom stereocenters. The summed E-state index contributed by atoms with van der Waals surface area (Å²) in [6, 6.07) is 18.1. The number of nitrogens with one attached hydrogen (secondary N) is 1. The lowest BCUT2D eigenvalue weighted by Gasteiger charge is -2.12. The fourth-order valence-electron chi connectivity index (χ4n) is 2.17. The third kappa shape index (κ3) is 3.05. The predicted octanol–water partition coefficient (Wildman–Crippen LogP) is 3.49. The number of nitrogens with zero attached hydrogens (tertiary/aromatic N) is 2. The van der Waals surface area contributed by atoms with Gasteiger partial charge in [-0.25, -0.2) is 4.68 Å². The van der Waals surface area contributed by atoms with Crippen molar-refractivity contribution in [2.45, 2.75) is 6.54 Å². The highest BCUT2D eigenvalue weighted by molar-refractivity contribution is 5.60. The molecule has 3 aromatic rings. The van der Waals surface area contributed by atoms with Crippen LogP contribution in [0.3, 0.4) is 0 Å². The third-order valence-corrected chi connectivity index (χ3v) is 3.30. The molecule has 1 aromatic heterocycles. The minimum absolute atomic E-state index is 0.752. The molecule has 1 N–H and O–H groups in total. The number of anilines is 1. The second-order valence-corrected chi connectivity index (χ2v) is 4.67. The van der Waals surface area contributed by atoms with Gasteiger partial charge in [0.15, 0.2) is 0 Å². The molecule has 0 saturated heterocycles. The molecular formula is C17H17N3O. The van der Waals surface area contributed by atoms with Crippen LogP contribution in [-0.2, 0) is 6.54 Å². The van der Waals surface area contributed by atoms with Crippen LogP contribution in [0.1, 0.15) is 5.56 Å². The molecule has 21 heavy (non-hydrogen) atoms. The minimum Gasteiger partial charge on any atom is -0.497 e. The molecule has 1 heterocycles. The van der Waals surface area contributed by atoms with Crippen LogP contribution in [0.15, 0.2) is 67.0 Å². The maximum absolute atomic E-state index is 5.17. The van der Waals surface area contributed by atoms with E-state index in [0.29, 0.717) is 0 Å². The van der Waals surface area contributed by atoms with E-state index in [-0.39, 0.29) is 0 Å². The highest BCUT2D eigenvalue weighted by Gasteiger charge is 2.03. The molecule has 4 heteroatoms. The summed E-state index contributed by atoms with van der Waals surface area (Å²) in [6.45, 7) is 0.752. The summed E-state index contributed by atoms with van der Waals surface area (Å²) < 4.78 is 7.03. The van der Waals surface area contributed by atoms with Crippen molar-refractivity contribution in [3.05, 3.63) is 72.6 Å². The summed E-state index contributed by atoms with van der Waals surface area (Å²) in [5.74, 6) is 0.871. The fraction of sp³-hybridized carbons (Fsp3) is 0.118. The Morgan fingerprint density at radius 3 is 2.57 bits per heavy atom. The second kappa shape index (κ2) is 6.13. The summed E-state index contributed by atoms with van der Waals surface area (Å²) in [5.41, 5.74) is 3.29. The Bertz CT molecular complexity index is 690. The zero-order chi connectivity index (χ0) is 14.5. The highest BCUT2D eigenvalue weighted by Crippen LogP contribution is 2.20. The Labute approximate surface area is 124 Å². The van der Waals surface area contributed by atoms with Gasteiger partial charge in [0.25, 0.3) is 0 Å². The van der Waals surface area contributed by atoms with E-state index in [9.17, 15) is 0 Å². The molecule has 4 nitrogen and oxygen atoms in total. The number of methoxy groups -OCH3 is 1. The summed E-state index contributed by atoms with van der Waals surface area (Å²) in [4.78, 5) is 0. The lowest BCUT2D eigenvalue weighted by atomic mass is 10.2. The standard InChI is InChI=1S/C17H17N3O/c1-21-15-9-7-14(8-10-15)13-18-16-5-2-3-6-17(16)20-12-4-11-19-20/h2-12,18H,13H2,1H3. The lowest BCUT2D eigenvalue weighted by molar-refractivity contribution is 0.414. The lowest BCUT2D eigenvalue weighted by Crippen LogP contribution is -2.04. The molecule has 0 saturated carbocycles. The quantitative estimate of drug-likeness (QED) is 0.777. The predicted molar refractivity (Wildman–Crippen MR) is 83.9 cm³/mol. The molecule has 0 amide bonds. The Morgan fingerprint density at radius 2 is 1.86 bits per heavy atom. The van der Waals surface area contributed by atoms with Crippen molar-refractivity contribution in [3.63, 3.8) is 0 Å². The molecule has 3 rings (SSSR count). The molecule has 0 aliphatic carbocycles. The van der Waals surface area contributed by atoms with E-state index in [4.69, 9.17) is 4.74 Å². The van der Waals surface area contributed by atoms with Crippen molar-refractivity contribution in [2.24, 2.45) is 0 Å². The minimum atomic E-state index is 0.752. The largest absolute Gasteiger partial charge is 0.497 e. The number of aromatic nitrogens is 2. The molecule has 0 aliphatic rings. The fourth-order valence-corrected chi connectivity index (χ4v) is 2.17. The van der Waals surface area contributed by atoms with E-state index >= 15 is 0 Å². The van der Waals surface area contributed by atoms with Gasteiger partial charge < -0.3 is 10.1 Å². The third-order valence-electron chi connectivity index (χ3n) is 3.30. The number of benzene rings is 2. The zero-order valence-corrected chi connectivity index (χ0v) is 11.9. The Kier molecular flexibility index (Phi) is 3.87. The topological polar surface area (TPSA) is 39.1 Å². The maximum Gasteiger partial charge on any atom is 0.118 e. The van der Waals surface area contributed by atoms with Gasteiger partial charge in [-0.05, 0) is 35.9 Å². The van der Waals surface area contributed by atoms with Crippen LogP contribution in [0.2, 0.25) is 0 Å². The molecule has 0 bridgehead atoms. The summed E-state index contributed by atoms with van der Waals surface area (Å²) >= 11 is 0. The average Bonchev–Trinajstić information content (AvgIpc) is 3.08. The molecule has 0 fully saturated rings. The van der Waals surface area contributed by atoms with Crippen LogP contribution in [0.4, 0.5) is 5.69 Å².